The fraction of sp³-hybridized carbons (Fsp3) is 0.400. The van der Waals surface area contributed by atoms with Gasteiger partial charge >= 0.3 is 18.2 Å². The van der Waals surface area contributed by atoms with Gasteiger partial charge < -0.3 is 20.1 Å². The van der Waals surface area contributed by atoms with Gasteiger partial charge in [-0.05, 0) is 54.4 Å². The predicted octanol–water partition coefficient (Wildman–Crippen LogP) is 6.55. The smallest absolute Gasteiger partial charge is 0.419 e. The Bertz CT molecular complexity index is 1360. The van der Waals surface area contributed by atoms with Crippen LogP contribution in [0.3, 0.4) is 0 Å². The molecule has 1 aromatic heterocycles. The zero-order valence-electron chi connectivity index (χ0n) is 22.9. The lowest BCUT2D eigenvalue weighted by Crippen LogP contribution is -2.36. The molecule has 0 aliphatic carbocycles. The number of methoxy groups -OCH3 is 1. The molecule has 2 aromatic carbocycles. The molecular formula is C30H33F3N4O4. The number of carboxylic acid groups (broad SMARTS) is 1. The molecule has 3 aromatic rings. The summed E-state index contributed by atoms with van der Waals surface area (Å²) in [6, 6.07) is 14.8. The number of carbonyl (C=O) groups excluding carboxylic acids is 1. The molecule has 11 heteroatoms. The fourth-order valence-electron chi connectivity index (χ4n) is 5.24. The number of esters is 1. The van der Waals surface area contributed by atoms with Crippen molar-refractivity contribution in [3.8, 4) is 0 Å². The molecule has 1 atom stereocenters. The number of carbonyl (C=O) groups is 2. The Kier molecular flexibility index (Phi) is 9.46. The summed E-state index contributed by atoms with van der Waals surface area (Å²) < 4.78 is 47.0. The molecule has 8 nitrogen and oxygen atoms in total. The molecule has 1 saturated heterocycles. The molecule has 4 rings (SSSR count). The molecule has 218 valence electrons. The van der Waals surface area contributed by atoms with Gasteiger partial charge in [0.15, 0.2) is 0 Å². The number of rotatable bonds is 9. The number of alkyl halides is 3. The van der Waals surface area contributed by atoms with E-state index in [4.69, 9.17) is 4.74 Å². The number of aromatic nitrogens is 2. The molecule has 0 bridgehead atoms. The normalized spacial score (nSPS) is 14.9. The third-order valence-electron chi connectivity index (χ3n) is 7.47. The van der Waals surface area contributed by atoms with Crippen LogP contribution in [0.25, 0.3) is 0 Å². The number of hydrogen-bond donors (Lipinski definition) is 2. The quantitative estimate of drug-likeness (QED) is 0.281. The first-order valence-electron chi connectivity index (χ1n) is 13.5. The van der Waals surface area contributed by atoms with Gasteiger partial charge in [0.2, 0.25) is 5.95 Å². The Morgan fingerprint density at radius 2 is 1.85 bits per heavy atom. The van der Waals surface area contributed by atoms with E-state index in [1.807, 2.05) is 31.2 Å². The topological polar surface area (TPSA) is 105 Å². The van der Waals surface area contributed by atoms with Gasteiger partial charge in [-0.25, -0.2) is 14.8 Å². The van der Waals surface area contributed by atoms with Crippen molar-refractivity contribution >= 4 is 23.7 Å². The van der Waals surface area contributed by atoms with E-state index in [0.717, 1.165) is 35.7 Å². The van der Waals surface area contributed by atoms with Crippen molar-refractivity contribution in [2.75, 3.05) is 25.5 Å². The number of likely N-dealkylation sites (tertiary alicyclic amines) is 1. The van der Waals surface area contributed by atoms with Crippen molar-refractivity contribution in [3.63, 3.8) is 0 Å². The highest BCUT2D eigenvalue weighted by Gasteiger charge is 2.38. The lowest BCUT2D eigenvalue weighted by Gasteiger charge is -2.30. The van der Waals surface area contributed by atoms with E-state index < -0.39 is 29.7 Å². The number of aryl methyl sites for hydroxylation is 1. The van der Waals surface area contributed by atoms with E-state index in [0.29, 0.717) is 25.2 Å². The molecule has 1 aliphatic heterocycles. The van der Waals surface area contributed by atoms with Crippen molar-refractivity contribution in [2.24, 2.45) is 0 Å². The third-order valence-corrected chi connectivity index (χ3v) is 7.47. The standard InChI is InChI=1S/C30H33F3N4O4/c1-3-20-16-22(21-11-13-37(14-12-21)29(39)40)9-10-25(20)35-28-34-18-24(30(31,32)33)27(36-28)23(17-26(38)41-2)15-19-7-5-4-6-8-19/h4-10,16,18,21,23H,3,11-15,17H2,1-2H3,(H,39,40)(H,34,35,36). The van der Waals surface area contributed by atoms with Crippen molar-refractivity contribution in [2.45, 2.75) is 57.0 Å². The summed E-state index contributed by atoms with van der Waals surface area (Å²) in [5, 5.41) is 12.3. The van der Waals surface area contributed by atoms with E-state index in [9.17, 15) is 27.9 Å². The largest absolute Gasteiger partial charge is 0.469 e. The zero-order valence-corrected chi connectivity index (χ0v) is 22.9. The molecule has 1 aliphatic rings. The van der Waals surface area contributed by atoms with Gasteiger partial charge in [0.05, 0.1) is 24.8 Å². The number of hydrogen-bond acceptors (Lipinski definition) is 6. The Morgan fingerprint density at radius 1 is 1.15 bits per heavy atom. The van der Waals surface area contributed by atoms with Crippen LogP contribution in [0.15, 0.2) is 54.7 Å². The van der Waals surface area contributed by atoms with Crippen LogP contribution in [0.2, 0.25) is 0 Å². The van der Waals surface area contributed by atoms with Crippen LogP contribution >= 0.6 is 0 Å². The predicted molar refractivity (Wildman–Crippen MR) is 147 cm³/mol. The maximum atomic E-state index is 14.1. The average Bonchev–Trinajstić information content (AvgIpc) is 2.97. The van der Waals surface area contributed by atoms with Crippen LogP contribution in [-0.2, 0) is 28.5 Å². The minimum absolute atomic E-state index is 0.00635. The maximum Gasteiger partial charge on any atom is 0.419 e. The SMILES string of the molecule is CCc1cc(C2CCN(C(=O)O)CC2)ccc1Nc1ncc(C(F)(F)F)c(C(CC(=O)OC)Cc2ccccc2)n1. The summed E-state index contributed by atoms with van der Waals surface area (Å²) in [6.45, 7) is 2.92. The van der Waals surface area contributed by atoms with E-state index in [1.54, 1.807) is 24.3 Å². The minimum atomic E-state index is -4.72. The second-order valence-electron chi connectivity index (χ2n) is 10.1. The fourth-order valence-corrected chi connectivity index (χ4v) is 5.24. The summed E-state index contributed by atoms with van der Waals surface area (Å²) in [5.74, 6) is -1.32. The Labute approximate surface area is 236 Å². The number of nitrogens with one attached hydrogen (secondary N) is 1. The molecule has 0 spiro atoms. The van der Waals surface area contributed by atoms with Crippen LogP contribution in [0.1, 0.15) is 66.0 Å². The number of piperidine rings is 1. The summed E-state index contributed by atoms with van der Waals surface area (Å²) in [5.41, 5.74) is 2.19. The van der Waals surface area contributed by atoms with Crippen LogP contribution in [-0.4, -0.2) is 52.2 Å². The van der Waals surface area contributed by atoms with Gasteiger partial charge in [-0.2, -0.15) is 13.2 Å². The first-order valence-corrected chi connectivity index (χ1v) is 13.5. The molecule has 1 amide bonds. The number of anilines is 2. The van der Waals surface area contributed by atoms with Crippen molar-refractivity contribution in [3.05, 3.63) is 82.7 Å². The maximum absolute atomic E-state index is 14.1. The number of halogens is 3. The van der Waals surface area contributed by atoms with E-state index in [-0.39, 0.29) is 30.4 Å². The monoisotopic (exact) mass is 570 g/mol. The number of benzene rings is 2. The van der Waals surface area contributed by atoms with Crippen molar-refractivity contribution in [1.29, 1.82) is 0 Å². The highest BCUT2D eigenvalue weighted by molar-refractivity contribution is 5.70. The number of amides is 1. The molecule has 0 radical (unpaired) electrons. The van der Waals surface area contributed by atoms with Crippen LogP contribution < -0.4 is 5.32 Å². The average molecular weight is 571 g/mol. The van der Waals surface area contributed by atoms with Gasteiger partial charge in [-0.3, -0.25) is 4.79 Å². The first-order chi connectivity index (χ1) is 19.6. The third kappa shape index (κ3) is 7.53. The van der Waals surface area contributed by atoms with Gasteiger partial charge in [-0.15, -0.1) is 0 Å². The molecule has 41 heavy (non-hydrogen) atoms. The molecule has 1 fully saturated rings. The molecule has 2 N–H and O–H groups in total. The highest BCUT2D eigenvalue weighted by Crippen LogP contribution is 2.38. The minimum Gasteiger partial charge on any atom is -0.469 e. The summed E-state index contributed by atoms with van der Waals surface area (Å²) in [6.07, 6.45) is -2.90. The number of nitrogens with zero attached hydrogens (tertiary/aromatic N) is 3. The highest BCUT2D eigenvalue weighted by atomic mass is 19.4. The van der Waals surface area contributed by atoms with Crippen molar-refractivity contribution in [1.82, 2.24) is 14.9 Å². The van der Waals surface area contributed by atoms with Gasteiger partial charge in [0.25, 0.3) is 0 Å². The van der Waals surface area contributed by atoms with E-state index >= 15 is 0 Å². The second-order valence-corrected chi connectivity index (χ2v) is 10.1. The Balaban J connectivity index is 1.64. The Hall–Kier alpha value is -4.15. The zero-order chi connectivity index (χ0) is 29.6. The van der Waals surface area contributed by atoms with Crippen LogP contribution in [0.4, 0.5) is 29.6 Å². The van der Waals surface area contributed by atoms with E-state index in [1.165, 1.54) is 12.0 Å². The molecule has 1 unspecified atom stereocenters. The Morgan fingerprint density at radius 3 is 2.46 bits per heavy atom. The first kappa shape index (κ1) is 29.8. The molecule has 0 saturated carbocycles. The van der Waals surface area contributed by atoms with Gasteiger partial charge in [0, 0.05) is 30.9 Å². The lowest BCUT2D eigenvalue weighted by molar-refractivity contribution is -0.143. The second kappa shape index (κ2) is 13.0. The van der Waals surface area contributed by atoms with Gasteiger partial charge in [-0.1, -0.05) is 49.4 Å². The summed E-state index contributed by atoms with van der Waals surface area (Å²) >= 11 is 0. The summed E-state index contributed by atoms with van der Waals surface area (Å²) in [7, 11) is 1.20. The van der Waals surface area contributed by atoms with Crippen molar-refractivity contribution < 1.29 is 32.6 Å². The molecule has 2 heterocycles. The lowest BCUT2D eigenvalue weighted by atomic mass is 9.88. The summed E-state index contributed by atoms with van der Waals surface area (Å²) in [4.78, 5) is 33.2. The van der Waals surface area contributed by atoms with Gasteiger partial charge in [0.1, 0.15) is 0 Å². The molecular weight excluding hydrogens is 537 g/mol. The number of ether oxygens (including phenoxy) is 1. The van der Waals surface area contributed by atoms with Crippen LogP contribution in [0.5, 0.6) is 0 Å². The van der Waals surface area contributed by atoms with E-state index in [2.05, 4.69) is 15.3 Å². The van der Waals surface area contributed by atoms with Crippen LogP contribution in [0, 0.1) is 0 Å².